The van der Waals surface area contributed by atoms with Gasteiger partial charge in [0.25, 0.3) is 0 Å². The van der Waals surface area contributed by atoms with Gasteiger partial charge in [0, 0.05) is 17.6 Å². The molecule has 0 atom stereocenters. The number of para-hydroxylation sites is 1. The zero-order valence-corrected chi connectivity index (χ0v) is 10.1. The number of pyridine rings is 1. The van der Waals surface area contributed by atoms with Crippen molar-refractivity contribution in [1.82, 2.24) is 10.3 Å². The first-order valence-corrected chi connectivity index (χ1v) is 5.75. The van der Waals surface area contributed by atoms with Gasteiger partial charge in [-0.25, -0.2) is 0 Å². The molecule has 0 fully saturated rings. The number of nitrogens with zero attached hydrogens (tertiary/aromatic N) is 1. The van der Waals surface area contributed by atoms with E-state index in [1.54, 1.807) is 0 Å². The summed E-state index contributed by atoms with van der Waals surface area (Å²) in [5.41, 5.74) is 3.60. The third-order valence-corrected chi connectivity index (χ3v) is 2.78. The maximum atomic E-state index is 4.69. The fourth-order valence-electron chi connectivity index (χ4n) is 1.90. The zero-order chi connectivity index (χ0) is 11.5. The molecule has 2 rings (SSSR count). The van der Waals surface area contributed by atoms with Crippen molar-refractivity contribution in [3.63, 3.8) is 0 Å². The van der Waals surface area contributed by atoms with Crippen LogP contribution in [0.1, 0.15) is 31.0 Å². The standard InChI is InChI=1S/C14H18N2/c1-10(2)14-8-11(9-15-3)12-6-4-5-7-13(12)16-14/h4-8,10,15H,9H2,1-3H3. The van der Waals surface area contributed by atoms with Gasteiger partial charge in [0.15, 0.2) is 0 Å². The molecule has 2 heteroatoms. The van der Waals surface area contributed by atoms with Crippen LogP contribution in [0.15, 0.2) is 30.3 Å². The van der Waals surface area contributed by atoms with E-state index in [1.165, 1.54) is 16.6 Å². The molecular weight excluding hydrogens is 196 g/mol. The SMILES string of the molecule is CNCc1cc(C(C)C)nc2ccccc12. The highest BCUT2D eigenvalue weighted by molar-refractivity contribution is 5.82. The van der Waals surface area contributed by atoms with Gasteiger partial charge in [-0.2, -0.15) is 0 Å². The Morgan fingerprint density at radius 2 is 2.00 bits per heavy atom. The van der Waals surface area contributed by atoms with Gasteiger partial charge >= 0.3 is 0 Å². The molecule has 2 aromatic rings. The minimum absolute atomic E-state index is 0.472. The highest BCUT2D eigenvalue weighted by atomic mass is 14.8. The third-order valence-electron chi connectivity index (χ3n) is 2.78. The summed E-state index contributed by atoms with van der Waals surface area (Å²) in [5, 5.41) is 4.47. The van der Waals surface area contributed by atoms with Crippen LogP contribution < -0.4 is 5.32 Å². The summed E-state index contributed by atoms with van der Waals surface area (Å²) in [4.78, 5) is 4.69. The predicted molar refractivity (Wildman–Crippen MR) is 68.6 cm³/mol. The van der Waals surface area contributed by atoms with Crippen LogP contribution in [0.25, 0.3) is 10.9 Å². The van der Waals surface area contributed by atoms with Gasteiger partial charge in [-0.15, -0.1) is 0 Å². The van der Waals surface area contributed by atoms with Crippen molar-refractivity contribution in [1.29, 1.82) is 0 Å². The van der Waals surface area contributed by atoms with E-state index >= 15 is 0 Å². The van der Waals surface area contributed by atoms with Gasteiger partial charge in [-0.05, 0) is 30.7 Å². The van der Waals surface area contributed by atoms with Gasteiger partial charge in [-0.3, -0.25) is 4.98 Å². The predicted octanol–water partition coefficient (Wildman–Crippen LogP) is 3.08. The van der Waals surface area contributed by atoms with Crippen molar-refractivity contribution < 1.29 is 0 Å². The molecule has 84 valence electrons. The van der Waals surface area contributed by atoms with E-state index in [0.717, 1.165) is 12.1 Å². The number of hydrogen-bond acceptors (Lipinski definition) is 2. The molecule has 0 unspecified atom stereocenters. The summed E-state index contributed by atoms with van der Waals surface area (Å²) in [6, 6.07) is 10.5. The number of hydrogen-bond donors (Lipinski definition) is 1. The van der Waals surface area contributed by atoms with Gasteiger partial charge in [0.05, 0.1) is 5.52 Å². The van der Waals surface area contributed by atoms with Crippen LogP contribution in [0.4, 0.5) is 0 Å². The van der Waals surface area contributed by atoms with Gasteiger partial charge in [0.2, 0.25) is 0 Å². The molecule has 0 saturated heterocycles. The highest BCUT2D eigenvalue weighted by Crippen LogP contribution is 2.22. The first kappa shape index (κ1) is 11.1. The van der Waals surface area contributed by atoms with Gasteiger partial charge in [-0.1, -0.05) is 32.0 Å². The first-order chi connectivity index (χ1) is 7.72. The Kier molecular flexibility index (Phi) is 3.20. The second kappa shape index (κ2) is 4.62. The Morgan fingerprint density at radius 3 is 2.69 bits per heavy atom. The van der Waals surface area contributed by atoms with Crippen molar-refractivity contribution in [2.45, 2.75) is 26.3 Å². The molecule has 0 saturated carbocycles. The van der Waals surface area contributed by atoms with E-state index in [-0.39, 0.29) is 0 Å². The summed E-state index contributed by atoms with van der Waals surface area (Å²) >= 11 is 0. The highest BCUT2D eigenvalue weighted by Gasteiger charge is 2.07. The second-order valence-electron chi connectivity index (χ2n) is 4.41. The molecular formula is C14H18N2. The third kappa shape index (κ3) is 2.07. The molecule has 16 heavy (non-hydrogen) atoms. The molecule has 0 aliphatic heterocycles. The smallest absolute Gasteiger partial charge is 0.0708 e. The lowest BCUT2D eigenvalue weighted by Gasteiger charge is -2.11. The molecule has 1 heterocycles. The van der Waals surface area contributed by atoms with Crippen molar-refractivity contribution >= 4 is 10.9 Å². The fraction of sp³-hybridized carbons (Fsp3) is 0.357. The van der Waals surface area contributed by atoms with E-state index < -0.39 is 0 Å². The quantitative estimate of drug-likeness (QED) is 0.849. The maximum absolute atomic E-state index is 4.69. The van der Waals surface area contributed by atoms with E-state index in [0.29, 0.717) is 5.92 Å². The van der Waals surface area contributed by atoms with Gasteiger partial charge in [0.1, 0.15) is 0 Å². The lowest BCUT2D eigenvalue weighted by atomic mass is 10.0. The molecule has 0 spiro atoms. The Hall–Kier alpha value is -1.41. The van der Waals surface area contributed by atoms with Crippen molar-refractivity contribution in [3.8, 4) is 0 Å². The van der Waals surface area contributed by atoms with Crippen molar-refractivity contribution in [2.24, 2.45) is 0 Å². The summed E-state index contributed by atoms with van der Waals surface area (Å²) in [7, 11) is 1.98. The van der Waals surface area contributed by atoms with Crippen LogP contribution in [0.3, 0.4) is 0 Å². The van der Waals surface area contributed by atoms with Crippen LogP contribution in [-0.4, -0.2) is 12.0 Å². The molecule has 0 amide bonds. The topological polar surface area (TPSA) is 24.9 Å². The van der Waals surface area contributed by atoms with Crippen LogP contribution in [-0.2, 0) is 6.54 Å². The molecule has 2 nitrogen and oxygen atoms in total. The number of aromatic nitrogens is 1. The number of nitrogens with one attached hydrogen (secondary N) is 1. The average Bonchev–Trinajstić information content (AvgIpc) is 2.29. The maximum Gasteiger partial charge on any atom is 0.0708 e. The fourth-order valence-corrected chi connectivity index (χ4v) is 1.90. The van der Waals surface area contributed by atoms with E-state index in [9.17, 15) is 0 Å². The van der Waals surface area contributed by atoms with Crippen LogP contribution in [0.2, 0.25) is 0 Å². The minimum atomic E-state index is 0.472. The number of benzene rings is 1. The monoisotopic (exact) mass is 214 g/mol. The number of fused-ring (bicyclic) bond motifs is 1. The number of rotatable bonds is 3. The average molecular weight is 214 g/mol. The van der Waals surface area contributed by atoms with Gasteiger partial charge < -0.3 is 5.32 Å². The van der Waals surface area contributed by atoms with E-state index in [1.807, 2.05) is 13.1 Å². The summed E-state index contributed by atoms with van der Waals surface area (Å²) in [6.45, 7) is 5.25. The van der Waals surface area contributed by atoms with E-state index in [2.05, 4.69) is 48.4 Å². The summed E-state index contributed by atoms with van der Waals surface area (Å²) < 4.78 is 0. The Bertz CT molecular complexity index is 489. The second-order valence-corrected chi connectivity index (χ2v) is 4.41. The van der Waals surface area contributed by atoms with Crippen LogP contribution in [0, 0.1) is 0 Å². The van der Waals surface area contributed by atoms with Crippen LogP contribution in [0.5, 0.6) is 0 Å². The zero-order valence-electron chi connectivity index (χ0n) is 10.1. The molecule has 1 aromatic heterocycles. The first-order valence-electron chi connectivity index (χ1n) is 5.75. The summed E-state index contributed by atoms with van der Waals surface area (Å²) in [6.07, 6.45) is 0. The van der Waals surface area contributed by atoms with Crippen molar-refractivity contribution in [3.05, 3.63) is 41.6 Å². The molecule has 0 aliphatic carbocycles. The van der Waals surface area contributed by atoms with Crippen molar-refractivity contribution in [2.75, 3.05) is 7.05 Å². The Balaban J connectivity index is 2.63. The molecule has 0 radical (unpaired) electrons. The molecule has 0 aliphatic rings. The molecule has 1 aromatic carbocycles. The lowest BCUT2D eigenvalue weighted by Crippen LogP contribution is -2.07. The largest absolute Gasteiger partial charge is 0.316 e. The van der Waals surface area contributed by atoms with E-state index in [4.69, 9.17) is 0 Å². The molecule has 1 N–H and O–H groups in total. The summed E-state index contributed by atoms with van der Waals surface area (Å²) in [5.74, 6) is 0.472. The minimum Gasteiger partial charge on any atom is -0.316 e. The normalized spacial score (nSPS) is 11.2. The Labute approximate surface area is 96.7 Å². The van der Waals surface area contributed by atoms with Crippen LogP contribution >= 0.6 is 0 Å². The molecule has 0 bridgehead atoms. The lowest BCUT2D eigenvalue weighted by molar-refractivity contribution is 0.798. The Morgan fingerprint density at radius 1 is 1.25 bits per heavy atom.